The molecule has 0 aliphatic heterocycles. The van der Waals surface area contributed by atoms with Crippen molar-refractivity contribution >= 4 is 6.16 Å². The number of hydrogen-bond acceptors (Lipinski definition) is 5. The van der Waals surface area contributed by atoms with E-state index in [4.69, 9.17) is 19.9 Å². The molecule has 4 aromatic rings. The largest absolute Gasteiger partial charge is 0.511 e. The fourth-order valence-electron chi connectivity index (χ4n) is 3.49. The average molecular weight is 428 g/mol. The van der Waals surface area contributed by atoms with Gasteiger partial charge in [-0.15, -0.1) is 0 Å². The Kier molecular flexibility index (Phi) is 6.55. The maximum atomic E-state index is 11.0. The molecule has 0 aliphatic rings. The summed E-state index contributed by atoms with van der Waals surface area (Å²) >= 11 is 0. The molecule has 7 nitrogen and oxygen atoms in total. The van der Waals surface area contributed by atoms with E-state index in [0.717, 1.165) is 47.6 Å². The molecule has 0 spiro atoms. The Bertz CT molecular complexity index is 1190. The first-order chi connectivity index (χ1) is 15.6. The van der Waals surface area contributed by atoms with Crippen LogP contribution in [0.4, 0.5) is 4.79 Å². The van der Waals surface area contributed by atoms with Crippen LogP contribution in [0.1, 0.15) is 31.2 Å². The van der Waals surface area contributed by atoms with Crippen molar-refractivity contribution in [3.63, 3.8) is 0 Å². The highest BCUT2D eigenvalue weighted by molar-refractivity contribution is 5.73. The van der Waals surface area contributed by atoms with Crippen molar-refractivity contribution in [2.45, 2.75) is 32.7 Å². The van der Waals surface area contributed by atoms with Crippen molar-refractivity contribution in [1.82, 2.24) is 19.7 Å². The number of carboxylic acid groups (broad SMARTS) is 1. The number of carbonyl (C=O) groups is 1. The molecule has 0 fully saturated rings. The van der Waals surface area contributed by atoms with Gasteiger partial charge in [-0.2, -0.15) is 5.10 Å². The monoisotopic (exact) mass is 428 g/mol. The summed E-state index contributed by atoms with van der Waals surface area (Å²) in [7, 11) is 0. The number of aromatic nitrogens is 4. The van der Waals surface area contributed by atoms with Crippen molar-refractivity contribution < 1.29 is 14.6 Å². The maximum Gasteiger partial charge on any atom is 0.511 e. The maximum absolute atomic E-state index is 11.0. The fourth-order valence-corrected chi connectivity index (χ4v) is 3.49. The molecule has 32 heavy (non-hydrogen) atoms. The smallest absolute Gasteiger partial charge is 0.449 e. The van der Waals surface area contributed by atoms with Crippen LogP contribution in [-0.2, 0) is 13.0 Å². The molecular weight excluding hydrogens is 404 g/mol. The van der Waals surface area contributed by atoms with Crippen LogP contribution in [0, 0.1) is 0 Å². The topological polar surface area (TPSA) is 90.1 Å². The molecule has 0 amide bonds. The van der Waals surface area contributed by atoms with E-state index in [9.17, 15) is 4.79 Å². The number of unbranched alkanes of at least 4 members (excludes halogenated alkanes) is 1. The molecule has 162 valence electrons. The van der Waals surface area contributed by atoms with Crippen LogP contribution in [0.25, 0.3) is 22.5 Å². The number of ether oxygens (including phenoxy) is 1. The summed E-state index contributed by atoms with van der Waals surface area (Å²) in [4.78, 5) is 19.7. The van der Waals surface area contributed by atoms with Crippen LogP contribution < -0.4 is 4.74 Å². The van der Waals surface area contributed by atoms with Crippen LogP contribution in [0.3, 0.4) is 0 Å². The van der Waals surface area contributed by atoms with Crippen molar-refractivity contribution in [2.75, 3.05) is 0 Å². The van der Waals surface area contributed by atoms with E-state index < -0.39 is 6.16 Å². The molecule has 0 aliphatic carbocycles. The normalized spacial score (nSPS) is 10.8. The zero-order valence-electron chi connectivity index (χ0n) is 17.8. The molecule has 2 aromatic heterocycles. The fraction of sp³-hybridized carbons (Fsp3) is 0.200. The van der Waals surface area contributed by atoms with E-state index >= 15 is 0 Å². The minimum atomic E-state index is -1.36. The Hall–Kier alpha value is -4.00. The second kappa shape index (κ2) is 9.87. The van der Waals surface area contributed by atoms with E-state index in [-0.39, 0.29) is 5.75 Å². The summed E-state index contributed by atoms with van der Waals surface area (Å²) in [6, 6.07) is 19.6. The van der Waals surface area contributed by atoms with Gasteiger partial charge in [-0.05, 0) is 23.6 Å². The Labute approximate surface area is 186 Å². The Balaban J connectivity index is 1.58. The first-order valence-corrected chi connectivity index (χ1v) is 10.6. The van der Waals surface area contributed by atoms with Crippen molar-refractivity contribution in [3.05, 3.63) is 84.4 Å². The van der Waals surface area contributed by atoms with Crippen LogP contribution in [0.2, 0.25) is 0 Å². The van der Waals surface area contributed by atoms with Gasteiger partial charge >= 0.3 is 6.16 Å². The number of benzene rings is 2. The van der Waals surface area contributed by atoms with E-state index in [1.165, 1.54) is 6.20 Å². The Morgan fingerprint density at radius 3 is 2.53 bits per heavy atom. The molecular formula is C25H24N4O3. The lowest BCUT2D eigenvalue weighted by atomic mass is 10.0. The first-order valence-electron chi connectivity index (χ1n) is 10.6. The SMILES string of the molecule is CCCCc1nc(-c2ccccc2)nn1Cc1ccc(-c2ccncc2OC(=O)O)cc1. The van der Waals surface area contributed by atoms with Crippen LogP contribution in [-0.4, -0.2) is 31.0 Å². The summed E-state index contributed by atoms with van der Waals surface area (Å²) in [6.45, 7) is 2.77. The summed E-state index contributed by atoms with van der Waals surface area (Å²) in [5, 5.41) is 13.7. The number of hydrogen-bond donors (Lipinski definition) is 1. The molecule has 0 radical (unpaired) electrons. The molecule has 2 aromatic carbocycles. The van der Waals surface area contributed by atoms with Crippen LogP contribution in [0.15, 0.2) is 73.1 Å². The third-order valence-corrected chi connectivity index (χ3v) is 5.11. The summed E-state index contributed by atoms with van der Waals surface area (Å²) in [5.41, 5.74) is 3.60. The first kappa shape index (κ1) is 21.2. The van der Waals surface area contributed by atoms with Gasteiger partial charge in [0.25, 0.3) is 0 Å². The highest BCUT2D eigenvalue weighted by Gasteiger charge is 2.13. The summed E-state index contributed by atoms with van der Waals surface area (Å²) in [6.07, 6.45) is 4.67. The number of nitrogens with zero attached hydrogens (tertiary/aromatic N) is 4. The molecule has 1 N–H and O–H groups in total. The van der Waals surface area contributed by atoms with Crippen molar-refractivity contribution in [2.24, 2.45) is 0 Å². The third-order valence-electron chi connectivity index (χ3n) is 5.11. The highest BCUT2D eigenvalue weighted by Crippen LogP contribution is 2.29. The highest BCUT2D eigenvalue weighted by atomic mass is 16.7. The molecule has 7 heteroatoms. The van der Waals surface area contributed by atoms with Gasteiger partial charge in [-0.3, -0.25) is 4.98 Å². The lowest BCUT2D eigenvalue weighted by Gasteiger charge is -2.09. The Morgan fingerprint density at radius 1 is 1.03 bits per heavy atom. The van der Waals surface area contributed by atoms with Gasteiger partial charge in [-0.25, -0.2) is 14.5 Å². The summed E-state index contributed by atoms with van der Waals surface area (Å²) in [5.74, 6) is 1.92. The van der Waals surface area contributed by atoms with Gasteiger partial charge in [0.05, 0.1) is 12.7 Å². The van der Waals surface area contributed by atoms with E-state index in [1.54, 1.807) is 12.3 Å². The minimum Gasteiger partial charge on any atom is -0.449 e. The lowest BCUT2D eigenvalue weighted by molar-refractivity contribution is 0.144. The molecule has 0 unspecified atom stereocenters. The lowest BCUT2D eigenvalue weighted by Crippen LogP contribution is -2.07. The van der Waals surface area contributed by atoms with Crippen LogP contribution >= 0.6 is 0 Å². The predicted octanol–water partition coefficient (Wildman–Crippen LogP) is 5.45. The third kappa shape index (κ3) is 5.00. The quantitative estimate of drug-likeness (QED) is 0.375. The average Bonchev–Trinajstić information content (AvgIpc) is 3.21. The van der Waals surface area contributed by atoms with Crippen molar-refractivity contribution in [3.8, 4) is 28.3 Å². The van der Waals surface area contributed by atoms with E-state index in [0.29, 0.717) is 12.1 Å². The van der Waals surface area contributed by atoms with Gasteiger partial charge in [0.1, 0.15) is 5.82 Å². The molecule has 0 saturated heterocycles. The minimum absolute atomic E-state index is 0.207. The number of pyridine rings is 1. The van der Waals surface area contributed by atoms with Gasteiger partial charge in [0.15, 0.2) is 11.6 Å². The second-order valence-electron chi connectivity index (χ2n) is 7.42. The Morgan fingerprint density at radius 2 is 1.81 bits per heavy atom. The van der Waals surface area contributed by atoms with Crippen LogP contribution in [0.5, 0.6) is 5.75 Å². The zero-order chi connectivity index (χ0) is 22.3. The van der Waals surface area contributed by atoms with Gasteiger partial charge in [-0.1, -0.05) is 67.9 Å². The second-order valence-corrected chi connectivity index (χ2v) is 7.42. The molecule has 2 heterocycles. The standard InChI is InChI=1S/C25H24N4O3/c1-2-3-9-23-27-24(20-7-5-4-6-8-20)28-29(23)17-18-10-12-19(13-11-18)21-14-15-26-16-22(21)32-25(30)31/h4-8,10-16H,2-3,9,17H2,1H3,(H,30,31). The van der Waals surface area contributed by atoms with E-state index in [1.807, 2.05) is 59.3 Å². The van der Waals surface area contributed by atoms with Gasteiger partial charge in [0, 0.05) is 23.7 Å². The van der Waals surface area contributed by atoms with Gasteiger partial charge in [0.2, 0.25) is 0 Å². The molecule has 0 atom stereocenters. The number of rotatable bonds is 8. The van der Waals surface area contributed by atoms with Gasteiger partial charge < -0.3 is 9.84 Å². The number of aryl methyl sites for hydroxylation is 1. The molecule has 0 bridgehead atoms. The van der Waals surface area contributed by atoms with E-state index in [2.05, 4.69) is 11.9 Å². The van der Waals surface area contributed by atoms with Crippen molar-refractivity contribution in [1.29, 1.82) is 0 Å². The molecule has 4 rings (SSSR count). The zero-order valence-corrected chi connectivity index (χ0v) is 17.8. The summed E-state index contributed by atoms with van der Waals surface area (Å²) < 4.78 is 6.83. The predicted molar refractivity (Wildman–Crippen MR) is 121 cm³/mol. The molecule has 0 saturated carbocycles.